The van der Waals surface area contributed by atoms with Gasteiger partial charge in [-0.25, -0.2) is 4.68 Å². The molecule has 0 amide bonds. The molecule has 2 N–H and O–H groups in total. The summed E-state index contributed by atoms with van der Waals surface area (Å²) in [6, 6.07) is 14.6. The second-order valence-electron chi connectivity index (χ2n) is 7.45. The summed E-state index contributed by atoms with van der Waals surface area (Å²) in [6.07, 6.45) is -4.70. The third-order valence-corrected chi connectivity index (χ3v) is 5.72. The smallest absolute Gasteiger partial charge is 0.417 e. The number of aromatic hydroxyl groups is 2. The van der Waals surface area contributed by atoms with E-state index in [4.69, 9.17) is 27.9 Å². The summed E-state index contributed by atoms with van der Waals surface area (Å²) in [5.74, 6) is -0.362. The van der Waals surface area contributed by atoms with Crippen LogP contribution in [0.4, 0.5) is 13.2 Å². The topological polar surface area (TPSA) is 67.5 Å². The molecule has 0 bridgehead atoms. The van der Waals surface area contributed by atoms with Gasteiger partial charge in [-0.15, -0.1) is 0 Å². The summed E-state index contributed by atoms with van der Waals surface area (Å²) in [5.41, 5.74) is 0.221. The number of phenolic OH excluding ortho intramolecular Hbond substituents is 1. The zero-order valence-electron chi connectivity index (χ0n) is 17.6. The Morgan fingerprint density at radius 3 is 2.29 bits per heavy atom. The lowest BCUT2D eigenvalue weighted by molar-refractivity contribution is -0.137. The molecule has 1 heterocycles. The number of alkyl halides is 3. The van der Waals surface area contributed by atoms with Crippen molar-refractivity contribution in [3.05, 3.63) is 81.8 Å². The molecular weight excluding hydrogens is 492 g/mol. The van der Waals surface area contributed by atoms with Gasteiger partial charge in [-0.2, -0.15) is 18.3 Å². The second kappa shape index (κ2) is 9.12. The molecule has 5 nitrogen and oxygen atoms in total. The van der Waals surface area contributed by atoms with E-state index in [9.17, 15) is 23.4 Å². The maximum Gasteiger partial charge on any atom is 0.417 e. The van der Waals surface area contributed by atoms with Crippen molar-refractivity contribution in [3.8, 4) is 39.8 Å². The van der Waals surface area contributed by atoms with Crippen LogP contribution in [0.15, 0.2) is 60.7 Å². The second-order valence-corrected chi connectivity index (χ2v) is 8.30. The maximum absolute atomic E-state index is 13.5. The molecule has 4 rings (SSSR count). The fraction of sp³-hybridized carbons (Fsp3) is 0.125. The number of phenols is 1. The van der Waals surface area contributed by atoms with Crippen LogP contribution < -0.4 is 4.74 Å². The van der Waals surface area contributed by atoms with E-state index in [2.05, 4.69) is 5.10 Å². The van der Waals surface area contributed by atoms with Crippen molar-refractivity contribution < 1.29 is 28.1 Å². The highest BCUT2D eigenvalue weighted by Crippen LogP contribution is 2.46. The Labute approximate surface area is 202 Å². The van der Waals surface area contributed by atoms with Gasteiger partial charge >= 0.3 is 6.18 Å². The number of halogens is 5. The summed E-state index contributed by atoms with van der Waals surface area (Å²) in [6.45, 7) is 0.0764. The molecule has 0 spiro atoms. The van der Waals surface area contributed by atoms with Gasteiger partial charge in [-0.1, -0.05) is 41.4 Å². The Morgan fingerprint density at radius 2 is 1.68 bits per heavy atom. The number of hydrogen-bond donors (Lipinski definition) is 2. The third-order valence-electron chi connectivity index (χ3n) is 5.14. The highest BCUT2D eigenvalue weighted by molar-refractivity contribution is 6.31. The minimum absolute atomic E-state index is 0.0266. The maximum atomic E-state index is 13.5. The Morgan fingerprint density at radius 1 is 0.971 bits per heavy atom. The van der Waals surface area contributed by atoms with E-state index >= 15 is 0 Å². The van der Waals surface area contributed by atoms with Crippen molar-refractivity contribution in [2.75, 3.05) is 0 Å². The van der Waals surface area contributed by atoms with Crippen molar-refractivity contribution in [1.29, 1.82) is 0 Å². The van der Waals surface area contributed by atoms with E-state index in [0.29, 0.717) is 5.02 Å². The zero-order chi connectivity index (χ0) is 24.6. The van der Waals surface area contributed by atoms with Crippen LogP contribution in [-0.2, 0) is 19.8 Å². The predicted molar refractivity (Wildman–Crippen MR) is 123 cm³/mol. The molecule has 34 heavy (non-hydrogen) atoms. The van der Waals surface area contributed by atoms with Crippen LogP contribution >= 0.6 is 23.2 Å². The van der Waals surface area contributed by atoms with Crippen LogP contribution in [0.1, 0.15) is 11.1 Å². The Balaban J connectivity index is 1.85. The van der Waals surface area contributed by atoms with E-state index in [0.717, 1.165) is 17.7 Å². The summed E-state index contributed by atoms with van der Waals surface area (Å²) in [4.78, 5) is 0. The van der Waals surface area contributed by atoms with Gasteiger partial charge in [0.25, 0.3) is 0 Å². The molecule has 0 radical (unpaired) electrons. The first kappa shape index (κ1) is 23.8. The van der Waals surface area contributed by atoms with Crippen LogP contribution in [0.25, 0.3) is 22.4 Å². The fourth-order valence-electron chi connectivity index (χ4n) is 3.41. The number of rotatable bonds is 5. The number of ether oxygens (including phenoxy) is 1. The van der Waals surface area contributed by atoms with Gasteiger partial charge in [-0.3, -0.25) is 0 Å². The SMILES string of the molecule is Cn1nc(-c2ccc(OCc3ccc(Cl)cc3)c(-c3ccc(Cl)c(C(F)(F)F)c3)c2O)cc1O. The van der Waals surface area contributed by atoms with Crippen LogP contribution in [0.3, 0.4) is 0 Å². The standard InChI is InChI=1S/C24H17Cl2F3N2O3/c1-31-21(32)11-19(30-31)16-7-9-20(34-12-13-2-5-15(25)6-3-13)22(23(16)33)14-4-8-18(26)17(10-14)24(27,28)29/h2-11,32-33H,12H2,1H3. The first-order chi connectivity index (χ1) is 16.0. The van der Waals surface area contributed by atoms with Crippen molar-refractivity contribution >= 4 is 23.2 Å². The van der Waals surface area contributed by atoms with Gasteiger partial charge in [-0.05, 0) is 47.5 Å². The number of aryl methyl sites for hydroxylation is 1. The first-order valence-corrected chi connectivity index (χ1v) is 10.6. The fourth-order valence-corrected chi connectivity index (χ4v) is 3.76. The lowest BCUT2D eigenvalue weighted by Crippen LogP contribution is -2.06. The first-order valence-electron chi connectivity index (χ1n) is 9.88. The normalized spacial score (nSPS) is 11.6. The van der Waals surface area contributed by atoms with E-state index in [1.165, 1.54) is 36.0 Å². The molecule has 3 aromatic carbocycles. The molecule has 0 aliphatic rings. The monoisotopic (exact) mass is 508 g/mol. The molecule has 0 saturated heterocycles. The van der Waals surface area contributed by atoms with E-state index in [1.807, 2.05) is 0 Å². The minimum atomic E-state index is -4.70. The van der Waals surface area contributed by atoms with Gasteiger partial charge in [0.2, 0.25) is 5.88 Å². The van der Waals surface area contributed by atoms with E-state index < -0.39 is 16.8 Å². The molecule has 0 saturated carbocycles. The van der Waals surface area contributed by atoms with Gasteiger partial charge < -0.3 is 14.9 Å². The predicted octanol–water partition coefficient (Wildman–Crippen LogP) is 7.07. The largest absolute Gasteiger partial charge is 0.506 e. The Bertz CT molecular complexity index is 1330. The number of nitrogens with zero attached hydrogens (tertiary/aromatic N) is 2. The molecule has 0 atom stereocenters. The average Bonchev–Trinajstić information content (AvgIpc) is 3.11. The highest BCUT2D eigenvalue weighted by Gasteiger charge is 2.34. The summed E-state index contributed by atoms with van der Waals surface area (Å²) >= 11 is 11.7. The van der Waals surface area contributed by atoms with Gasteiger partial charge in [0.1, 0.15) is 18.1 Å². The van der Waals surface area contributed by atoms with E-state index in [1.54, 1.807) is 24.3 Å². The molecule has 4 aromatic rings. The molecule has 1 aromatic heterocycles. The molecule has 0 aliphatic heterocycles. The molecule has 176 valence electrons. The molecule has 10 heteroatoms. The summed E-state index contributed by atoms with van der Waals surface area (Å²) in [7, 11) is 1.51. The van der Waals surface area contributed by atoms with Crippen molar-refractivity contribution in [3.63, 3.8) is 0 Å². The van der Waals surface area contributed by atoms with Crippen LogP contribution in [0, 0.1) is 0 Å². The molecule has 0 aliphatic carbocycles. The van der Waals surface area contributed by atoms with Crippen LogP contribution in [0.5, 0.6) is 17.4 Å². The van der Waals surface area contributed by atoms with Crippen molar-refractivity contribution in [2.45, 2.75) is 12.8 Å². The van der Waals surface area contributed by atoms with Crippen molar-refractivity contribution in [1.82, 2.24) is 9.78 Å². The Kier molecular flexibility index (Phi) is 6.38. The van der Waals surface area contributed by atoms with Crippen LogP contribution in [-0.4, -0.2) is 20.0 Å². The lowest BCUT2D eigenvalue weighted by atomic mass is 9.97. The molecule has 0 unspecified atom stereocenters. The minimum Gasteiger partial charge on any atom is -0.506 e. The van der Waals surface area contributed by atoms with Gasteiger partial charge in [0.05, 0.1) is 21.8 Å². The zero-order valence-corrected chi connectivity index (χ0v) is 19.1. The number of aromatic nitrogens is 2. The average molecular weight is 509 g/mol. The lowest BCUT2D eigenvalue weighted by Gasteiger charge is -2.17. The number of benzene rings is 3. The van der Waals surface area contributed by atoms with E-state index in [-0.39, 0.29) is 46.4 Å². The Hall–Kier alpha value is -3.36. The van der Waals surface area contributed by atoms with Gasteiger partial charge in [0.15, 0.2) is 0 Å². The quantitative estimate of drug-likeness (QED) is 0.302. The van der Waals surface area contributed by atoms with Crippen LogP contribution in [0.2, 0.25) is 10.0 Å². The highest BCUT2D eigenvalue weighted by atomic mass is 35.5. The molecule has 0 fully saturated rings. The summed E-state index contributed by atoms with van der Waals surface area (Å²) < 4.78 is 47.6. The van der Waals surface area contributed by atoms with Crippen molar-refractivity contribution in [2.24, 2.45) is 7.05 Å². The summed E-state index contributed by atoms with van der Waals surface area (Å²) in [5, 5.41) is 25.2. The van der Waals surface area contributed by atoms with Gasteiger partial charge in [0, 0.05) is 23.7 Å². The third kappa shape index (κ3) is 4.78. The molecular formula is C24H17Cl2F3N2O3. The number of hydrogen-bond acceptors (Lipinski definition) is 4.